The number of ether oxygens (including phenoxy) is 1. The highest BCUT2D eigenvalue weighted by Crippen LogP contribution is 2.05. The maximum Gasteiger partial charge on any atom is 0.323 e. The van der Waals surface area contributed by atoms with Crippen molar-refractivity contribution in [2.75, 3.05) is 0 Å². The van der Waals surface area contributed by atoms with E-state index in [0.29, 0.717) is 6.42 Å². The number of rotatable bonds is 5. The number of carbonyl (C=O) groups excluding carboxylic acids is 1. The molecule has 1 atom stereocenters. The smallest absolute Gasteiger partial charge is 0.323 e. The molecule has 0 heterocycles. The first-order valence-electron chi connectivity index (χ1n) is 6.26. The van der Waals surface area contributed by atoms with E-state index >= 15 is 0 Å². The maximum absolute atomic E-state index is 11.8. The van der Waals surface area contributed by atoms with Crippen LogP contribution in [0.15, 0.2) is 60.7 Å². The molecule has 106 valence electrons. The Kier molecular flexibility index (Phi) is 6.98. The van der Waals surface area contributed by atoms with Crippen molar-refractivity contribution in [3.05, 3.63) is 71.8 Å². The van der Waals surface area contributed by atoms with Crippen molar-refractivity contribution in [3.8, 4) is 0 Å². The summed E-state index contributed by atoms with van der Waals surface area (Å²) in [4.78, 5) is 11.8. The first-order chi connectivity index (χ1) is 9.25. The van der Waals surface area contributed by atoms with Crippen molar-refractivity contribution < 1.29 is 9.53 Å². The zero-order valence-corrected chi connectivity index (χ0v) is 12.8. The Morgan fingerprint density at radius 1 is 0.950 bits per heavy atom. The van der Waals surface area contributed by atoms with E-state index in [1.807, 2.05) is 60.7 Å². The van der Waals surface area contributed by atoms with E-state index in [-0.39, 0.29) is 29.6 Å². The Morgan fingerprint density at radius 2 is 1.45 bits per heavy atom. The second-order valence-corrected chi connectivity index (χ2v) is 4.39. The molecule has 0 fully saturated rings. The first-order valence-corrected chi connectivity index (χ1v) is 6.26. The summed E-state index contributed by atoms with van der Waals surface area (Å²) in [6.45, 7) is 0.266. The van der Waals surface area contributed by atoms with Crippen LogP contribution in [0, 0.1) is 0 Å². The minimum atomic E-state index is -0.619. The zero-order chi connectivity index (χ0) is 13.5. The fourth-order valence-corrected chi connectivity index (χ4v) is 1.79. The van der Waals surface area contributed by atoms with Gasteiger partial charge >= 0.3 is 5.97 Å². The molecule has 2 rings (SSSR count). The number of nitrogens with two attached hydrogens (primary N) is 1. The molecule has 0 amide bonds. The lowest BCUT2D eigenvalue weighted by Crippen LogP contribution is -2.34. The molecule has 0 aliphatic carbocycles. The molecular weight excluding hydrogens is 318 g/mol. The molecule has 3 nitrogen and oxygen atoms in total. The number of benzene rings is 2. The van der Waals surface area contributed by atoms with Gasteiger partial charge in [0.2, 0.25) is 0 Å². The van der Waals surface area contributed by atoms with Crippen molar-refractivity contribution in [2.45, 2.75) is 19.1 Å². The highest BCUT2D eigenvalue weighted by atomic mass is 79.9. The number of hydrogen-bond acceptors (Lipinski definition) is 3. The van der Waals surface area contributed by atoms with Gasteiger partial charge in [-0.25, -0.2) is 0 Å². The molecule has 20 heavy (non-hydrogen) atoms. The van der Waals surface area contributed by atoms with Gasteiger partial charge < -0.3 is 10.5 Å². The molecular formula is C16H18BrNO2. The van der Waals surface area contributed by atoms with Crippen LogP contribution in [-0.4, -0.2) is 12.0 Å². The monoisotopic (exact) mass is 335 g/mol. The number of halogens is 1. The Bertz CT molecular complexity index is 517. The van der Waals surface area contributed by atoms with Crippen LogP contribution in [-0.2, 0) is 22.6 Å². The minimum Gasteiger partial charge on any atom is -0.460 e. The normalized spacial score (nSPS) is 11.2. The van der Waals surface area contributed by atoms with E-state index in [1.54, 1.807) is 0 Å². The predicted octanol–water partition coefficient (Wildman–Crippen LogP) is 2.88. The van der Waals surface area contributed by atoms with Gasteiger partial charge in [0.25, 0.3) is 0 Å². The van der Waals surface area contributed by atoms with Gasteiger partial charge in [-0.15, -0.1) is 17.0 Å². The molecule has 0 spiro atoms. The van der Waals surface area contributed by atoms with Crippen LogP contribution in [0.1, 0.15) is 11.1 Å². The lowest BCUT2D eigenvalue weighted by Gasteiger charge is -2.11. The van der Waals surface area contributed by atoms with Crippen LogP contribution in [0.2, 0.25) is 0 Å². The third kappa shape index (κ3) is 5.15. The van der Waals surface area contributed by atoms with Crippen molar-refractivity contribution in [3.63, 3.8) is 0 Å². The molecule has 4 heteroatoms. The molecule has 0 bridgehead atoms. The second kappa shape index (κ2) is 8.51. The zero-order valence-electron chi connectivity index (χ0n) is 11.1. The van der Waals surface area contributed by atoms with E-state index in [2.05, 4.69) is 0 Å². The van der Waals surface area contributed by atoms with Crippen LogP contribution in [0.25, 0.3) is 0 Å². The van der Waals surface area contributed by atoms with Crippen molar-refractivity contribution in [1.82, 2.24) is 0 Å². The Morgan fingerprint density at radius 3 is 2.00 bits per heavy atom. The average Bonchev–Trinajstić information content (AvgIpc) is 2.47. The molecule has 0 aliphatic heterocycles. The Labute approximate surface area is 129 Å². The SMILES string of the molecule is Br.N[C@@H](Cc1ccccc1)C(=O)OCc1ccccc1. The molecule has 0 aliphatic rings. The van der Waals surface area contributed by atoms with E-state index in [1.165, 1.54) is 0 Å². The lowest BCUT2D eigenvalue weighted by atomic mass is 10.1. The summed E-state index contributed by atoms with van der Waals surface area (Å²) in [6.07, 6.45) is 0.495. The summed E-state index contributed by atoms with van der Waals surface area (Å²) in [7, 11) is 0. The van der Waals surface area contributed by atoms with Gasteiger partial charge in [0.05, 0.1) is 0 Å². The first kappa shape index (κ1) is 16.4. The lowest BCUT2D eigenvalue weighted by molar-refractivity contribution is -0.146. The van der Waals surface area contributed by atoms with Gasteiger partial charge in [0.1, 0.15) is 12.6 Å². The molecule has 0 saturated heterocycles. The summed E-state index contributed by atoms with van der Waals surface area (Å²) in [5, 5.41) is 0. The Balaban J connectivity index is 0.00000200. The van der Waals surface area contributed by atoms with Gasteiger partial charge in [-0.2, -0.15) is 0 Å². The quantitative estimate of drug-likeness (QED) is 0.855. The van der Waals surface area contributed by atoms with E-state index in [0.717, 1.165) is 11.1 Å². The Hall–Kier alpha value is -1.65. The largest absolute Gasteiger partial charge is 0.460 e. The van der Waals surface area contributed by atoms with Gasteiger partial charge in [0, 0.05) is 0 Å². The predicted molar refractivity (Wildman–Crippen MR) is 84.7 cm³/mol. The van der Waals surface area contributed by atoms with Crippen molar-refractivity contribution in [1.29, 1.82) is 0 Å². The molecule has 0 saturated carbocycles. The maximum atomic E-state index is 11.8. The van der Waals surface area contributed by atoms with Crippen LogP contribution in [0.5, 0.6) is 0 Å². The van der Waals surface area contributed by atoms with Gasteiger partial charge in [0.15, 0.2) is 0 Å². The van der Waals surface area contributed by atoms with Crippen LogP contribution in [0.3, 0.4) is 0 Å². The molecule has 0 aromatic heterocycles. The second-order valence-electron chi connectivity index (χ2n) is 4.39. The van der Waals surface area contributed by atoms with Crippen LogP contribution >= 0.6 is 17.0 Å². The molecule has 2 aromatic rings. The minimum absolute atomic E-state index is 0. The summed E-state index contributed by atoms with van der Waals surface area (Å²) in [5.41, 5.74) is 7.83. The highest BCUT2D eigenvalue weighted by molar-refractivity contribution is 8.93. The fourth-order valence-electron chi connectivity index (χ4n) is 1.79. The number of carbonyl (C=O) groups is 1. The third-order valence-electron chi connectivity index (χ3n) is 2.83. The van der Waals surface area contributed by atoms with E-state index in [9.17, 15) is 4.79 Å². The van der Waals surface area contributed by atoms with E-state index in [4.69, 9.17) is 10.5 Å². The molecule has 2 N–H and O–H groups in total. The van der Waals surface area contributed by atoms with Gasteiger partial charge in [-0.1, -0.05) is 60.7 Å². The van der Waals surface area contributed by atoms with Crippen LogP contribution < -0.4 is 5.73 Å². The topological polar surface area (TPSA) is 52.3 Å². The number of hydrogen-bond donors (Lipinski definition) is 1. The summed E-state index contributed by atoms with van der Waals surface area (Å²) in [6, 6.07) is 18.6. The molecule has 0 unspecified atom stereocenters. The van der Waals surface area contributed by atoms with Crippen LogP contribution in [0.4, 0.5) is 0 Å². The third-order valence-corrected chi connectivity index (χ3v) is 2.83. The van der Waals surface area contributed by atoms with Crippen molar-refractivity contribution >= 4 is 23.0 Å². The number of esters is 1. The standard InChI is InChI=1S/C16H17NO2.BrH/c17-15(11-13-7-3-1-4-8-13)16(18)19-12-14-9-5-2-6-10-14;/h1-10,15H,11-12,17H2;1H/t15-;/m0./s1. The summed E-state index contributed by atoms with van der Waals surface area (Å²) >= 11 is 0. The molecule has 0 radical (unpaired) electrons. The van der Waals surface area contributed by atoms with Crippen molar-refractivity contribution in [2.24, 2.45) is 5.73 Å². The molecule has 2 aromatic carbocycles. The van der Waals surface area contributed by atoms with Gasteiger partial charge in [-0.05, 0) is 17.5 Å². The average molecular weight is 336 g/mol. The summed E-state index contributed by atoms with van der Waals surface area (Å²) < 4.78 is 5.20. The summed E-state index contributed by atoms with van der Waals surface area (Å²) in [5.74, 6) is -0.368. The highest BCUT2D eigenvalue weighted by Gasteiger charge is 2.15. The van der Waals surface area contributed by atoms with Gasteiger partial charge in [-0.3, -0.25) is 4.79 Å². The fraction of sp³-hybridized carbons (Fsp3) is 0.188. The van der Waals surface area contributed by atoms with E-state index < -0.39 is 6.04 Å².